The minimum atomic E-state index is -4.12. The molecule has 2 aliphatic rings. The van der Waals surface area contributed by atoms with E-state index in [0.717, 1.165) is 25.9 Å². The van der Waals surface area contributed by atoms with Gasteiger partial charge in [0.05, 0.1) is 0 Å². The molecule has 1 aliphatic carbocycles. The third kappa shape index (κ3) is 4.08. The lowest BCUT2D eigenvalue weighted by Crippen LogP contribution is -2.69. The van der Waals surface area contributed by atoms with Crippen LogP contribution in [0.5, 0.6) is 0 Å². The average Bonchev–Trinajstić information content (AvgIpc) is 3.23. The van der Waals surface area contributed by atoms with Crippen LogP contribution in [0.15, 0.2) is 0 Å². The highest BCUT2D eigenvalue weighted by Gasteiger charge is 2.49. The van der Waals surface area contributed by atoms with Gasteiger partial charge in [-0.25, -0.2) is 0 Å². The van der Waals surface area contributed by atoms with Gasteiger partial charge in [-0.1, -0.05) is 13.8 Å². The van der Waals surface area contributed by atoms with Crippen LogP contribution in [0.1, 0.15) is 46.5 Å². The Bertz CT molecular complexity index is 353. The Morgan fingerprint density at radius 2 is 1.86 bits per heavy atom. The zero-order valence-corrected chi connectivity index (χ0v) is 14.0. The summed E-state index contributed by atoms with van der Waals surface area (Å²) in [5.74, 6) is 0.827. The van der Waals surface area contributed by atoms with Crippen molar-refractivity contribution >= 4 is 11.8 Å². The summed E-state index contributed by atoms with van der Waals surface area (Å²) in [4.78, 5) is 2.33. The zero-order valence-electron chi connectivity index (χ0n) is 13.2. The predicted molar refractivity (Wildman–Crippen MR) is 82.5 cm³/mol. The van der Waals surface area contributed by atoms with Gasteiger partial charge in [0.2, 0.25) is 0 Å². The van der Waals surface area contributed by atoms with E-state index in [-0.39, 0.29) is 28.6 Å². The van der Waals surface area contributed by atoms with Crippen molar-refractivity contribution in [2.45, 2.75) is 63.0 Å². The summed E-state index contributed by atoms with van der Waals surface area (Å²) >= 11 is 0.111. The van der Waals surface area contributed by atoms with Crippen LogP contribution in [0.25, 0.3) is 0 Å². The first-order chi connectivity index (χ1) is 9.75. The van der Waals surface area contributed by atoms with Crippen LogP contribution >= 0.6 is 11.8 Å². The highest BCUT2D eigenvalue weighted by atomic mass is 32.2. The zero-order chi connectivity index (χ0) is 15.7. The molecule has 2 rings (SSSR count). The molecular weight excluding hydrogens is 297 g/mol. The molecule has 0 aromatic carbocycles. The molecule has 1 heterocycles. The van der Waals surface area contributed by atoms with E-state index in [4.69, 9.17) is 0 Å². The van der Waals surface area contributed by atoms with Gasteiger partial charge in [-0.05, 0) is 50.3 Å². The minimum absolute atomic E-state index is 0.0144. The molecule has 0 amide bonds. The SMILES string of the molecule is CCC1(CC)CNC(C)(C2CC2)CN1CCSC(F)(F)F. The Morgan fingerprint density at radius 1 is 1.24 bits per heavy atom. The van der Waals surface area contributed by atoms with Crippen LogP contribution in [-0.2, 0) is 0 Å². The molecule has 0 aromatic heterocycles. The van der Waals surface area contributed by atoms with Gasteiger partial charge in [0.15, 0.2) is 0 Å². The Labute approximate surface area is 130 Å². The van der Waals surface area contributed by atoms with Crippen LogP contribution in [0.4, 0.5) is 13.2 Å². The number of thioether (sulfide) groups is 1. The van der Waals surface area contributed by atoms with Gasteiger partial charge < -0.3 is 5.32 Å². The lowest BCUT2D eigenvalue weighted by Gasteiger charge is -2.54. The molecule has 1 unspecified atom stereocenters. The number of halogens is 3. The molecule has 21 heavy (non-hydrogen) atoms. The van der Waals surface area contributed by atoms with E-state index in [9.17, 15) is 13.2 Å². The normalized spacial score (nSPS) is 30.6. The average molecular weight is 324 g/mol. The molecule has 2 nitrogen and oxygen atoms in total. The largest absolute Gasteiger partial charge is 0.441 e. The van der Waals surface area contributed by atoms with E-state index >= 15 is 0 Å². The number of nitrogens with zero attached hydrogens (tertiary/aromatic N) is 1. The summed E-state index contributed by atoms with van der Waals surface area (Å²) in [7, 11) is 0. The molecule has 0 spiro atoms. The Hall–Kier alpha value is 0.0600. The van der Waals surface area contributed by atoms with Crippen molar-refractivity contribution in [3.63, 3.8) is 0 Å². The van der Waals surface area contributed by atoms with Gasteiger partial charge in [0.1, 0.15) is 0 Å². The van der Waals surface area contributed by atoms with Crippen LogP contribution in [0, 0.1) is 5.92 Å². The van der Waals surface area contributed by atoms with Crippen LogP contribution < -0.4 is 5.32 Å². The van der Waals surface area contributed by atoms with E-state index in [0.29, 0.717) is 12.5 Å². The third-order valence-corrected chi connectivity index (χ3v) is 6.15. The summed E-state index contributed by atoms with van der Waals surface area (Å²) in [6, 6.07) is 0. The first-order valence-corrected chi connectivity index (χ1v) is 8.94. The van der Waals surface area contributed by atoms with Crippen molar-refractivity contribution in [2.24, 2.45) is 5.92 Å². The summed E-state index contributed by atoms with van der Waals surface area (Å²) < 4.78 is 37.2. The van der Waals surface area contributed by atoms with Crippen molar-refractivity contribution in [1.29, 1.82) is 0 Å². The fourth-order valence-electron chi connectivity index (χ4n) is 3.63. The van der Waals surface area contributed by atoms with Gasteiger partial charge in [0.25, 0.3) is 0 Å². The highest BCUT2D eigenvalue weighted by Crippen LogP contribution is 2.43. The Balaban J connectivity index is 2.02. The van der Waals surface area contributed by atoms with Crippen molar-refractivity contribution in [3.05, 3.63) is 0 Å². The molecule has 0 bridgehead atoms. The van der Waals surface area contributed by atoms with E-state index in [1.165, 1.54) is 12.8 Å². The van der Waals surface area contributed by atoms with Crippen molar-refractivity contribution in [3.8, 4) is 0 Å². The number of hydrogen-bond acceptors (Lipinski definition) is 3. The minimum Gasteiger partial charge on any atom is -0.308 e. The number of nitrogens with one attached hydrogen (secondary N) is 1. The van der Waals surface area contributed by atoms with E-state index in [1.807, 2.05) is 0 Å². The van der Waals surface area contributed by atoms with Crippen molar-refractivity contribution in [2.75, 3.05) is 25.4 Å². The van der Waals surface area contributed by atoms with E-state index in [1.54, 1.807) is 0 Å². The molecule has 124 valence electrons. The summed E-state index contributed by atoms with van der Waals surface area (Å²) in [6.45, 7) is 8.82. The van der Waals surface area contributed by atoms with Crippen molar-refractivity contribution < 1.29 is 13.2 Å². The molecule has 1 saturated carbocycles. The number of piperazine rings is 1. The van der Waals surface area contributed by atoms with Gasteiger partial charge in [-0.3, -0.25) is 4.90 Å². The summed E-state index contributed by atoms with van der Waals surface area (Å²) in [5, 5.41) is 3.72. The molecule has 1 N–H and O–H groups in total. The summed E-state index contributed by atoms with van der Waals surface area (Å²) in [5.41, 5.74) is -4.02. The lowest BCUT2D eigenvalue weighted by molar-refractivity contribution is -0.0337. The third-order valence-electron chi connectivity index (χ3n) is 5.43. The molecule has 0 aromatic rings. The van der Waals surface area contributed by atoms with E-state index in [2.05, 4.69) is 31.0 Å². The van der Waals surface area contributed by atoms with Crippen molar-refractivity contribution in [1.82, 2.24) is 10.2 Å². The van der Waals surface area contributed by atoms with Gasteiger partial charge in [-0.2, -0.15) is 13.2 Å². The quantitative estimate of drug-likeness (QED) is 0.798. The second-order valence-electron chi connectivity index (χ2n) is 6.69. The maximum Gasteiger partial charge on any atom is 0.441 e. The lowest BCUT2D eigenvalue weighted by atomic mass is 9.82. The maximum atomic E-state index is 12.4. The van der Waals surface area contributed by atoms with E-state index < -0.39 is 5.51 Å². The number of alkyl halides is 3. The fourth-order valence-corrected chi connectivity index (χ4v) is 4.17. The van der Waals surface area contributed by atoms with Gasteiger partial charge in [-0.15, -0.1) is 0 Å². The van der Waals surface area contributed by atoms with Gasteiger partial charge >= 0.3 is 5.51 Å². The second kappa shape index (κ2) is 6.28. The van der Waals surface area contributed by atoms with Crippen LogP contribution in [-0.4, -0.2) is 46.9 Å². The maximum absolute atomic E-state index is 12.4. The molecule has 6 heteroatoms. The molecule has 1 aliphatic heterocycles. The smallest absolute Gasteiger partial charge is 0.308 e. The monoisotopic (exact) mass is 324 g/mol. The topological polar surface area (TPSA) is 15.3 Å². The Kier molecular flexibility index (Phi) is 5.21. The standard InChI is InChI=1S/C15H27F3N2S/c1-4-14(5-2)10-19-13(3,12-6-7-12)11-20(14)8-9-21-15(16,17)18/h12,19H,4-11H2,1-3H3. The summed E-state index contributed by atoms with van der Waals surface area (Å²) in [6.07, 6.45) is 4.46. The fraction of sp³-hybridized carbons (Fsp3) is 1.00. The molecule has 1 atom stereocenters. The predicted octanol–water partition coefficient (Wildman–Crippen LogP) is 3.87. The second-order valence-corrected chi connectivity index (χ2v) is 7.85. The first kappa shape index (κ1) is 17.4. The number of hydrogen-bond donors (Lipinski definition) is 1. The first-order valence-electron chi connectivity index (χ1n) is 7.95. The van der Waals surface area contributed by atoms with Gasteiger partial charge in [0, 0.05) is 36.5 Å². The molecule has 1 saturated heterocycles. The highest BCUT2D eigenvalue weighted by molar-refractivity contribution is 8.00. The van der Waals surface area contributed by atoms with Crippen LogP contribution in [0.3, 0.4) is 0 Å². The number of rotatable bonds is 6. The van der Waals surface area contributed by atoms with Crippen LogP contribution in [0.2, 0.25) is 0 Å². The molecular formula is C15H27F3N2S. The Morgan fingerprint density at radius 3 is 2.33 bits per heavy atom. The molecule has 2 fully saturated rings. The molecule has 0 radical (unpaired) electrons.